The lowest BCUT2D eigenvalue weighted by Crippen LogP contribution is -2.18. The van der Waals surface area contributed by atoms with Gasteiger partial charge in [-0.3, -0.25) is 4.79 Å². The first-order valence-electron chi connectivity index (χ1n) is 4.18. The van der Waals surface area contributed by atoms with Gasteiger partial charge in [-0.25, -0.2) is 4.79 Å². The van der Waals surface area contributed by atoms with Crippen molar-refractivity contribution in [1.29, 1.82) is 0 Å². The van der Waals surface area contributed by atoms with Crippen LogP contribution in [-0.2, 0) is 14.3 Å². The number of ether oxygens (including phenoxy) is 1. The Bertz CT molecular complexity index is 321. The van der Waals surface area contributed by atoms with Crippen molar-refractivity contribution in [3.63, 3.8) is 0 Å². The molecular formula is C10H11NO3. The molecule has 0 unspecified atom stereocenters. The van der Waals surface area contributed by atoms with Crippen LogP contribution in [0.25, 0.3) is 0 Å². The Balaban J connectivity index is 2.34. The molecule has 0 heterocycles. The summed E-state index contributed by atoms with van der Waals surface area (Å²) in [6, 6.07) is 9.21. The first-order valence-corrected chi connectivity index (χ1v) is 4.18. The maximum absolute atomic E-state index is 10.9. The van der Waals surface area contributed by atoms with E-state index in [2.05, 4.69) is 10.1 Å². The molecule has 0 aliphatic heterocycles. The molecule has 0 saturated heterocycles. The van der Waals surface area contributed by atoms with Gasteiger partial charge in [0.15, 0.2) is 0 Å². The molecule has 0 radical (unpaired) electrons. The van der Waals surface area contributed by atoms with Crippen LogP contribution in [0, 0.1) is 0 Å². The Hall–Kier alpha value is -1.84. The number of esters is 2. The third-order valence-corrected chi connectivity index (χ3v) is 1.47. The summed E-state index contributed by atoms with van der Waals surface area (Å²) in [4.78, 5) is 21.3. The van der Waals surface area contributed by atoms with Crippen molar-refractivity contribution in [2.24, 2.45) is 0 Å². The third kappa shape index (κ3) is 3.71. The fourth-order valence-corrected chi connectivity index (χ4v) is 0.927. The van der Waals surface area contributed by atoms with Gasteiger partial charge in [0.1, 0.15) is 6.54 Å². The molecule has 4 nitrogen and oxygen atoms in total. The number of carbonyl (C=O) groups is 2. The molecule has 0 spiro atoms. The minimum atomic E-state index is -0.593. The smallest absolute Gasteiger partial charge is 0.332 e. The number of rotatable bonds is 3. The summed E-state index contributed by atoms with van der Waals surface area (Å²) in [5.74, 6) is -1.17. The maximum atomic E-state index is 10.9. The Labute approximate surface area is 81.9 Å². The van der Waals surface area contributed by atoms with Gasteiger partial charge >= 0.3 is 11.9 Å². The van der Waals surface area contributed by atoms with Crippen LogP contribution in [0.15, 0.2) is 30.3 Å². The molecular weight excluding hydrogens is 182 g/mol. The fraction of sp³-hybridized carbons (Fsp3) is 0.200. The van der Waals surface area contributed by atoms with Gasteiger partial charge in [-0.1, -0.05) is 18.2 Å². The quantitative estimate of drug-likeness (QED) is 0.578. The summed E-state index contributed by atoms with van der Waals surface area (Å²) in [6.07, 6.45) is 0. The Morgan fingerprint density at radius 3 is 2.50 bits per heavy atom. The molecule has 0 aliphatic carbocycles. The van der Waals surface area contributed by atoms with E-state index in [0.717, 1.165) is 5.69 Å². The zero-order valence-electron chi connectivity index (χ0n) is 7.82. The monoisotopic (exact) mass is 193 g/mol. The van der Waals surface area contributed by atoms with E-state index in [-0.39, 0.29) is 6.54 Å². The number of para-hydroxylation sites is 1. The molecule has 0 amide bonds. The maximum Gasteiger partial charge on any atom is 0.332 e. The Kier molecular flexibility index (Phi) is 3.67. The van der Waals surface area contributed by atoms with Crippen molar-refractivity contribution in [2.75, 3.05) is 11.9 Å². The Morgan fingerprint density at radius 2 is 1.93 bits per heavy atom. The number of hydrogen-bond acceptors (Lipinski definition) is 4. The van der Waals surface area contributed by atoms with Gasteiger partial charge in [-0.2, -0.15) is 0 Å². The predicted octanol–water partition coefficient (Wildman–Crippen LogP) is 1.19. The molecule has 74 valence electrons. The fourth-order valence-electron chi connectivity index (χ4n) is 0.927. The van der Waals surface area contributed by atoms with Gasteiger partial charge in [-0.05, 0) is 12.1 Å². The molecule has 1 rings (SSSR count). The molecule has 0 aliphatic rings. The van der Waals surface area contributed by atoms with Gasteiger partial charge in [0, 0.05) is 12.6 Å². The normalized spacial score (nSPS) is 9.21. The van der Waals surface area contributed by atoms with E-state index in [4.69, 9.17) is 0 Å². The average molecular weight is 193 g/mol. The van der Waals surface area contributed by atoms with Crippen molar-refractivity contribution in [1.82, 2.24) is 0 Å². The van der Waals surface area contributed by atoms with Crippen LogP contribution in [0.1, 0.15) is 6.92 Å². The van der Waals surface area contributed by atoms with E-state index in [0.29, 0.717) is 0 Å². The second kappa shape index (κ2) is 5.01. The van der Waals surface area contributed by atoms with Gasteiger partial charge < -0.3 is 10.1 Å². The zero-order chi connectivity index (χ0) is 10.4. The van der Waals surface area contributed by atoms with Crippen molar-refractivity contribution >= 4 is 17.6 Å². The molecule has 0 fully saturated rings. The molecule has 1 aromatic rings. The van der Waals surface area contributed by atoms with Crippen LogP contribution in [0.5, 0.6) is 0 Å². The highest BCUT2D eigenvalue weighted by Crippen LogP contribution is 2.03. The Morgan fingerprint density at radius 1 is 1.29 bits per heavy atom. The lowest BCUT2D eigenvalue weighted by molar-refractivity contribution is -0.156. The van der Waals surface area contributed by atoms with E-state index in [9.17, 15) is 9.59 Å². The zero-order valence-corrected chi connectivity index (χ0v) is 7.82. The number of anilines is 1. The lowest BCUT2D eigenvalue weighted by Gasteiger charge is -2.03. The van der Waals surface area contributed by atoms with Crippen LogP contribution in [-0.4, -0.2) is 18.5 Å². The predicted molar refractivity (Wildman–Crippen MR) is 51.7 cm³/mol. The first kappa shape index (κ1) is 10.2. The number of carbonyl (C=O) groups excluding carboxylic acids is 2. The minimum absolute atomic E-state index is 0.0103. The summed E-state index contributed by atoms with van der Waals surface area (Å²) < 4.78 is 4.33. The van der Waals surface area contributed by atoms with Crippen molar-refractivity contribution in [3.8, 4) is 0 Å². The van der Waals surface area contributed by atoms with Gasteiger partial charge in [0.25, 0.3) is 0 Å². The lowest BCUT2D eigenvalue weighted by atomic mass is 10.3. The van der Waals surface area contributed by atoms with Crippen molar-refractivity contribution < 1.29 is 14.3 Å². The summed E-state index contributed by atoms with van der Waals surface area (Å²) >= 11 is 0. The van der Waals surface area contributed by atoms with Crippen LogP contribution in [0.3, 0.4) is 0 Å². The summed E-state index contributed by atoms with van der Waals surface area (Å²) in [5.41, 5.74) is 0.813. The third-order valence-electron chi connectivity index (χ3n) is 1.47. The highest BCUT2D eigenvalue weighted by molar-refractivity contribution is 5.86. The summed E-state index contributed by atoms with van der Waals surface area (Å²) in [5, 5.41) is 2.82. The van der Waals surface area contributed by atoms with Crippen molar-refractivity contribution in [3.05, 3.63) is 30.3 Å². The van der Waals surface area contributed by atoms with Crippen LogP contribution in [0.4, 0.5) is 5.69 Å². The van der Waals surface area contributed by atoms with Gasteiger partial charge in [-0.15, -0.1) is 0 Å². The summed E-state index contributed by atoms with van der Waals surface area (Å²) in [7, 11) is 0. The standard InChI is InChI=1S/C10H11NO3/c1-8(12)14-10(13)7-11-9-5-3-2-4-6-9/h2-6,11H,7H2,1H3. The van der Waals surface area contributed by atoms with Crippen LogP contribution in [0.2, 0.25) is 0 Å². The van der Waals surface area contributed by atoms with Gasteiger partial charge in [0.05, 0.1) is 0 Å². The average Bonchev–Trinajstić information content (AvgIpc) is 2.15. The molecule has 0 bridgehead atoms. The van der Waals surface area contributed by atoms with E-state index in [1.807, 2.05) is 30.3 Å². The highest BCUT2D eigenvalue weighted by atomic mass is 16.6. The molecule has 14 heavy (non-hydrogen) atoms. The van der Waals surface area contributed by atoms with E-state index in [1.165, 1.54) is 6.92 Å². The molecule has 0 atom stereocenters. The summed E-state index contributed by atoms with van der Waals surface area (Å²) in [6.45, 7) is 1.18. The van der Waals surface area contributed by atoms with Crippen molar-refractivity contribution in [2.45, 2.75) is 6.92 Å². The van der Waals surface area contributed by atoms with Gasteiger partial charge in [0.2, 0.25) is 0 Å². The first-order chi connectivity index (χ1) is 6.68. The number of benzene rings is 1. The molecule has 0 aromatic heterocycles. The van der Waals surface area contributed by atoms with E-state index in [1.54, 1.807) is 0 Å². The van der Waals surface area contributed by atoms with Crippen LogP contribution < -0.4 is 5.32 Å². The van der Waals surface area contributed by atoms with E-state index < -0.39 is 11.9 Å². The minimum Gasteiger partial charge on any atom is -0.392 e. The number of hydrogen-bond donors (Lipinski definition) is 1. The SMILES string of the molecule is CC(=O)OC(=O)CNc1ccccc1. The molecule has 1 aromatic carbocycles. The van der Waals surface area contributed by atoms with Crippen LogP contribution >= 0.6 is 0 Å². The van der Waals surface area contributed by atoms with E-state index >= 15 is 0 Å². The second-order valence-electron chi connectivity index (χ2n) is 2.69. The highest BCUT2D eigenvalue weighted by Gasteiger charge is 2.04. The molecule has 1 N–H and O–H groups in total. The number of nitrogens with one attached hydrogen (secondary N) is 1. The largest absolute Gasteiger partial charge is 0.392 e. The second-order valence-corrected chi connectivity index (χ2v) is 2.69. The molecule has 4 heteroatoms. The topological polar surface area (TPSA) is 55.4 Å². The molecule has 0 saturated carbocycles.